The van der Waals surface area contributed by atoms with Gasteiger partial charge in [0.2, 0.25) is 5.91 Å². The minimum atomic E-state index is -0.495. The summed E-state index contributed by atoms with van der Waals surface area (Å²) in [5, 5.41) is 2.85. The first kappa shape index (κ1) is 13.5. The molecular weight excluding hydrogens is 230 g/mol. The highest BCUT2D eigenvalue weighted by Crippen LogP contribution is 2.22. The van der Waals surface area contributed by atoms with Gasteiger partial charge in [-0.25, -0.2) is 0 Å². The van der Waals surface area contributed by atoms with E-state index >= 15 is 0 Å². The molecule has 2 aliphatic heterocycles. The van der Waals surface area contributed by atoms with Gasteiger partial charge in [-0.3, -0.25) is 9.69 Å². The van der Waals surface area contributed by atoms with Crippen molar-refractivity contribution in [2.45, 2.75) is 37.5 Å². The molecule has 3 atom stereocenters. The molecule has 3 unspecified atom stereocenters. The van der Waals surface area contributed by atoms with E-state index in [9.17, 15) is 4.79 Å². The molecule has 0 aliphatic carbocycles. The second-order valence-electron chi connectivity index (χ2n) is 5.12. The van der Waals surface area contributed by atoms with Crippen LogP contribution in [0.4, 0.5) is 0 Å². The van der Waals surface area contributed by atoms with Crippen LogP contribution < -0.4 is 11.1 Å². The first-order valence-corrected chi connectivity index (χ1v) is 6.70. The van der Waals surface area contributed by atoms with Gasteiger partial charge >= 0.3 is 0 Å². The molecule has 0 aromatic rings. The molecule has 0 aromatic heterocycles. The normalized spacial score (nSPS) is 29.6. The van der Waals surface area contributed by atoms with Crippen molar-refractivity contribution in [2.75, 3.05) is 26.2 Å². The maximum absolute atomic E-state index is 11.7. The van der Waals surface area contributed by atoms with E-state index < -0.39 is 6.04 Å². The van der Waals surface area contributed by atoms with E-state index in [1.54, 1.807) is 6.08 Å². The van der Waals surface area contributed by atoms with E-state index in [0.29, 0.717) is 19.0 Å². The van der Waals surface area contributed by atoms with Gasteiger partial charge in [0, 0.05) is 19.1 Å². The number of nitrogens with one attached hydrogen (secondary N) is 1. The minimum absolute atomic E-state index is 0.0965. The molecule has 18 heavy (non-hydrogen) atoms. The average Bonchev–Trinajstić information content (AvgIpc) is 2.83. The van der Waals surface area contributed by atoms with Crippen molar-refractivity contribution in [1.29, 1.82) is 0 Å². The zero-order valence-corrected chi connectivity index (χ0v) is 10.8. The van der Waals surface area contributed by atoms with Crippen molar-refractivity contribution in [3.05, 3.63) is 12.7 Å². The number of fused-ring (bicyclic) bond motifs is 1. The number of carbonyl (C=O) groups excluding carboxylic acids is 1. The fourth-order valence-electron chi connectivity index (χ4n) is 2.64. The molecule has 0 radical (unpaired) electrons. The van der Waals surface area contributed by atoms with Crippen LogP contribution in [0.25, 0.3) is 0 Å². The highest BCUT2D eigenvalue weighted by atomic mass is 16.5. The van der Waals surface area contributed by atoms with Crippen LogP contribution in [0.15, 0.2) is 12.7 Å². The lowest BCUT2D eigenvalue weighted by molar-refractivity contribution is -0.123. The van der Waals surface area contributed by atoms with Gasteiger partial charge < -0.3 is 15.8 Å². The monoisotopic (exact) mass is 253 g/mol. The van der Waals surface area contributed by atoms with E-state index in [0.717, 1.165) is 19.7 Å². The average molecular weight is 253 g/mol. The first-order valence-electron chi connectivity index (χ1n) is 6.70. The standard InChI is InChI=1S/C13H23N3O2/c1-2-4-12(14)13(17)15-7-11-8-16-6-3-5-10(16)9-18-11/h2,10-12H,1,3-9,14H2,(H,15,17). The van der Waals surface area contributed by atoms with Crippen molar-refractivity contribution in [3.8, 4) is 0 Å². The first-order chi connectivity index (χ1) is 8.70. The zero-order valence-electron chi connectivity index (χ0n) is 10.8. The molecule has 2 fully saturated rings. The molecule has 5 heteroatoms. The van der Waals surface area contributed by atoms with Gasteiger partial charge in [-0.1, -0.05) is 6.08 Å². The van der Waals surface area contributed by atoms with Crippen LogP contribution >= 0.6 is 0 Å². The summed E-state index contributed by atoms with van der Waals surface area (Å²) in [5.41, 5.74) is 5.69. The molecule has 0 spiro atoms. The summed E-state index contributed by atoms with van der Waals surface area (Å²) >= 11 is 0. The number of morpholine rings is 1. The van der Waals surface area contributed by atoms with Crippen molar-refractivity contribution in [3.63, 3.8) is 0 Å². The highest BCUT2D eigenvalue weighted by Gasteiger charge is 2.32. The molecule has 5 nitrogen and oxygen atoms in total. The third-order valence-corrected chi connectivity index (χ3v) is 3.72. The van der Waals surface area contributed by atoms with E-state index in [2.05, 4.69) is 16.8 Å². The number of amides is 1. The second kappa shape index (κ2) is 6.31. The summed E-state index contributed by atoms with van der Waals surface area (Å²) in [6, 6.07) is 0.102. The molecule has 2 heterocycles. The summed E-state index contributed by atoms with van der Waals surface area (Å²) in [4.78, 5) is 14.1. The van der Waals surface area contributed by atoms with Gasteiger partial charge in [0.15, 0.2) is 0 Å². The summed E-state index contributed by atoms with van der Waals surface area (Å²) < 4.78 is 5.76. The Hall–Kier alpha value is -0.910. The SMILES string of the molecule is C=CCC(N)C(=O)NCC1CN2CCCC2CO1. The van der Waals surface area contributed by atoms with Crippen LogP contribution in [0.2, 0.25) is 0 Å². The largest absolute Gasteiger partial charge is 0.373 e. The molecule has 1 amide bonds. The van der Waals surface area contributed by atoms with Gasteiger partial charge in [-0.05, 0) is 25.8 Å². The zero-order chi connectivity index (χ0) is 13.0. The Balaban J connectivity index is 1.70. The van der Waals surface area contributed by atoms with Gasteiger partial charge in [0.25, 0.3) is 0 Å². The van der Waals surface area contributed by atoms with Gasteiger partial charge in [-0.2, -0.15) is 0 Å². The van der Waals surface area contributed by atoms with E-state index in [-0.39, 0.29) is 12.0 Å². The fraction of sp³-hybridized carbons (Fsp3) is 0.769. The van der Waals surface area contributed by atoms with Gasteiger partial charge in [0.05, 0.1) is 18.8 Å². The summed E-state index contributed by atoms with van der Waals surface area (Å²) in [6.45, 7) is 7.00. The quantitative estimate of drug-likeness (QED) is 0.670. The van der Waals surface area contributed by atoms with Crippen LogP contribution in [-0.4, -0.2) is 55.2 Å². The Kier molecular flexibility index (Phi) is 4.74. The van der Waals surface area contributed by atoms with E-state index in [4.69, 9.17) is 10.5 Å². The van der Waals surface area contributed by atoms with Gasteiger partial charge in [0.1, 0.15) is 0 Å². The van der Waals surface area contributed by atoms with Crippen LogP contribution in [0, 0.1) is 0 Å². The van der Waals surface area contributed by atoms with Crippen molar-refractivity contribution in [2.24, 2.45) is 5.73 Å². The third kappa shape index (κ3) is 3.31. The molecule has 2 saturated heterocycles. The summed E-state index contributed by atoms with van der Waals surface area (Å²) in [5.74, 6) is -0.123. The third-order valence-electron chi connectivity index (χ3n) is 3.72. The Morgan fingerprint density at radius 3 is 3.28 bits per heavy atom. The summed E-state index contributed by atoms with van der Waals surface area (Å²) in [6.07, 6.45) is 4.77. The topological polar surface area (TPSA) is 67.6 Å². The smallest absolute Gasteiger partial charge is 0.237 e. The molecule has 2 rings (SSSR count). The number of nitrogens with two attached hydrogens (primary N) is 1. The minimum Gasteiger partial charge on any atom is -0.373 e. The van der Waals surface area contributed by atoms with Crippen LogP contribution in [0.5, 0.6) is 0 Å². The lowest BCUT2D eigenvalue weighted by Crippen LogP contribution is -2.51. The lowest BCUT2D eigenvalue weighted by Gasteiger charge is -2.35. The van der Waals surface area contributed by atoms with Crippen LogP contribution in [0.3, 0.4) is 0 Å². The number of hydrogen-bond donors (Lipinski definition) is 2. The Bertz CT molecular complexity index is 309. The second-order valence-corrected chi connectivity index (χ2v) is 5.12. The molecule has 0 aromatic carbocycles. The molecule has 102 valence electrons. The maximum atomic E-state index is 11.7. The molecular formula is C13H23N3O2. The van der Waals surface area contributed by atoms with Crippen LogP contribution in [0.1, 0.15) is 19.3 Å². The highest BCUT2D eigenvalue weighted by molar-refractivity contribution is 5.81. The molecule has 3 N–H and O–H groups in total. The van der Waals surface area contributed by atoms with Crippen LogP contribution in [-0.2, 0) is 9.53 Å². The Morgan fingerprint density at radius 1 is 1.67 bits per heavy atom. The number of carbonyl (C=O) groups is 1. The number of nitrogens with zero attached hydrogens (tertiary/aromatic N) is 1. The maximum Gasteiger partial charge on any atom is 0.237 e. The van der Waals surface area contributed by atoms with E-state index in [1.807, 2.05) is 0 Å². The number of ether oxygens (including phenoxy) is 1. The molecule has 0 saturated carbocycles. The lowest BCUT2D eigenvalue weighted by atomic mass is 10.1. The van der Waals surface area contributed by atoms with Gasteiger partial charge in [-0.15, -0.1) is 6.58 Å². The number of rotatable bonds is 5. The van der Waals surface area contributed by atoms with Crippen molar-refractivity contribution >= 4 is 5.91 Å². The predicted molar refractivity (Wildman–Crippen MR) is 70.1 cm³/mol. The molecule has 0 bridgehead atoms. The Morgan fingerprint density at radius 2 is 2.50 bits per heavy atom. The Labute approximate surface area is 108 Å². The van der Waals surface area contributed by atoms with Crippen molar-refractivity contribution < 1.29 is 9.53 Å². The molecule has 2 aliphatic rings. The fourth-order valence-corrected chi connectivity index (χ4v) is 2.64. The van der Waals surface area contributed by atoms with Crippen molar-refractivity contribution in [1.82, 2.24) is 10.2 Å². The predicted octanol–water partition coefficient (Wildman–Crippen LogP) is -0.131. The number of hydrogen-bond acceptors (Lipinski definition) is 4. The van der Waals surface area contributed by atoms with E-state index in [1.165, 1.54) is 12.8 Å². The summed E-state index contributed by atoms with van der Waals surface area (Å²) in [7, 11) is 0.